The predicted octanol–water partition coefficient (Wildman–Crippen LogP) is 4.78. The molecule has 0 aliphatic rings. The number of halogens is 2. The van der Waals surface area contributed by atoms with Gasteiger partial charge in [0, 0.05) is 16.1 Å². The van der Waals surface area contributed by atoms with Gasteiger partial charge in [0.1, 0.15) is 22.9 Å². The molecule has 7 heteroatoms. The highest BCUT2D eigenvalue weighted by molar-refractivity contribution is 9.10. The minimum atomic E-state index is -0.456. The monoisotopic (exact) mass is 406 g/mol. The first-order chi connectivity index (χ1) is 11.9. The normalized spacial score (nSPS) is 11.0. The molecule has 3 aromatic rings. The maximum Gasteiger partial charge on any atom is 0.167 e. The van der Waals surface area contributed by atoms with Crippen LogP contribution in [-0.2, 0) is 0 Å². The van der Waals surface area contributed by atoms with Crippen LogP contribution in [0.2, 0.25) is 0 Å². The third-order valence-electron chi connectivity index (χ3n) is 4.15. The molecule has 0 unspecified atom stereocenters. The van der Waals surface area contributed by atoms with E-state index < -0.39 is 5.82 Å². The highest BCUT2D eigenvalue weighted by Crippen LogP contribution is 2.40. The molecule has 0 fully saturated rings. The maximum absolute atomic E-state index is 14.7. The van der Waals surface area contributed by atoms with E-state index in [1.807, 2.05) is 0 Å². The van der Waals surface area contributed by atoms with Crippen LogP contribution in [0.4, 0.5) is 4.39 Å². The molecule has 5 nitrogen and oxygen atoms in total. The number of nitrogens with zero attached hydrogens (tertiary/aromatic N) is 2. The van der Waals surface area contributed by atoms with Gasteiger partial charge in [-0.15, -0.1) is 0 Å². The number of hydrogen-bond donors (Lipinski definition) is 0. The highest BCUT2D eigenvalue weighted by atomic mass is 79.9. The van der Waals surface area contributed by atoms with Crippen molar-refractivity contribution in [2.45, 2.75) is 20.8 Å². The van der Waals surface area contributed by atoms with Crippen LogP contribution >= 0.6 is 15.9 Å². The van der Waals surface area contributed by atoms with E-state index in [0.717, 1.165) is 6.29 Å². The van der Waals surface area contributed by atoms with E-state index in [4.69, 9.17) is 9.26 Å². The third kappa shape index (κ3) is 2.68. The predicted molar refractivity (Wildman–Crippen MR) is 95.1 cm³/mol. The molecule has 0 spiro atoms. The van der Waals surface area contributed by atoms with Crippen molar-refractivity contribution in [3.05, 3.63) is 51.2 Å². The fourth-order valence-corrected chi connectivity index (χ4v) is 3.49. The van der Waals surface area contributed by atoms with Crippen LogP contribution < -0.4 is 4.74 Å². The van der Waals surface area contributed by atoms with E-state index in [2.05, 4.69) is 21.1 Å². The number of aldehydes is 1. The van der Waals surface area contributed by atoms with Crippen LogP contribution in [0.1, 0.15) is 27.5 Å². The van der Waals surface area contributed by atoms with Gasteiger partial charge in [0.15, 0.2) is 12.0 Å². The first kappa shape index (κ1) is 17.4. The van der Waals surface area contributed by atoms with Crippen LogP contribution in [-0.4, -0.2) is 23.1 Å². The number of carbonyl (C=O) groups is 1. The van der Waals surface area contributed by atoms with Gasteiger partial charge in [-0.25, -0.2) is 4.39 Å². The highest BCUT2D eigenvalue weighted by Gasteiger charge is 2.26. The molecule has 0 saturated heterocycles. The van der Waals surface area contributed by atoms with Crippen molar-refractivity contribution in [3.63, 3.8) is 0 Å². The Morgan fingerprint density at radius 1 is 1.32 bits per heavy atom. The number of ether oxygens (including phenoxy) is 1. The average molecular weight is 407 g/mol. The van der Waals surface area contributed by atoms with Gasteiger partial charge in [-0.1, -0.05) is 5.16 Å². The lowest BCUT2D eigenvalue weighted by Gasteiger charge is -2.13. The summed E-state index contributed by atoms with van der Waals surface area (Å²) in [4.78, 5) is 11.7. The summed E-state index contributed by atoms with van der Waals surface area (Å²) in [5.74, 6) is 0.501. The van der Waals surface area contributed by atoms with Gasteiger partial charge in [0.25, 0.3) is 0 Å². The van der Waals surface area contributed by atoms with Crippen molar-refractivity contribution in [2.24, 2.45) is 0 Å². The fraction of sp³-hybridized carbons (Fsp3) is 0.222. The summed E-state index contributed by atoms with van der Waals surface area (Å²) in [5, 5.41) is 3.95. The average Bonchev–Trinajstić information content (AvgIpc) is 3.04. The molecule has 2 aromatic heterocycles. The summed E-state index contributed by atoms with van der Waals surface area (Å²) in [6, 6.07) is 4.60. The number of benzene rings is 1. The Kier molecular flexibility index (Phi) is 4.51. The number of aromatic nitrogens is 2. The van der Waals surface area contributed by atoms with Crippen LogP contribution in [0, 0.1) is 26.6 Å². The molecular weight excluding hydrogens is 391 g/mol. The van der Waals surface area contributed by atoms with Crippen LogP contribution in [0.25, 0.3) is 16.9 Å². The van der Waals surface area contributed by atoms with E-state index in [0.29, 0.717) is 49.9 Å². The van der Waals surface area contributed by atoms with Crippen molar-refractivity contribution in [1.29, 1.82) is 0 Å². The van der Waals surface area contributed by atoms with Crippen LogP contribution in [0.3, 0.4) is 0 Å². The number of carbonyl (C=O) groups excluding carboxylic acids is 1. The Balaban J connectivity index is 2.40. The first-order valence-corrected chi connectivity index (χ1v) is 8.33. The molecule has 0 amide bonds. The van der Waals surface area contributed by atoms with E-state index in [9.17, 15) is 9.18 Å². The van der Waals surface area contributed by atoms with Crippen LogP contribution in [0.5, 0.6) is 5.75 Å². The van der Waals surface area contributed by atoms with Crippen molar-refractivity contribution >= 4 is 22.2 Å². The SMILES string of the molecule is COc1ccc(-c2c(Br)c(C)c(C=O)n2-c2c(C)noc2C)c(F)c1. The Bertz CT molecular complexity index is 956. The van der Waals surface area contributed by atoms with Gasteiger partial charge in [-0.2, -0.15) is 0 Å². The Morgan fingerprint density at radius 3 is 2.56 bits per heavy atom. The Labute approximate surface area is 152 Å². The molecule has 1 aromatic carbocycles. The van der Waals surface area contributed by atoms with E-state index in [1.54, 1.807) is 37.5 Å². The molecule has 0 radical (unpaired) electrons. The molecule has 0 bridgehead atoms. The second-order valence-corrected chi connectivity index (χ2v) is 6.44. The smallest absolute Gasteiger partial charge is 0.167 e. The maximum atomic E-state index is 14.7. The standard InChI is InChI=1S/C18H16BrFN2O3/c1-9-15(8-23)22(17-10(2)21-25-11(17)3)18(16(9)19)13-6-5-12(24-4)7-14(13)20/h5-8H,1-4H3. The van der Waals surface area contributed by atoms with Gasteiger partial charge >= 0.3 is 0 Å². The van der Waals surface area contributed by atoms with Crippen molar-refractivity contribution in [1.82, 2.24) is 9.72 Å². The van der Waals surface area contributed by atoms with Gasteiger partial charge in [-0.05, 0) is 54.4 Å². The lowest BCUT2D eigenvalue weighted by atomic mass is 10.1. The van der Waals surface area contributed by atoms with Gasteiger partial charge in [0.05, 0.1) is 18.5 Å². The van der Waals surface area contributed by atoms with Crippen molar-refractivity contribution in [3.8, 4) is 22.7 Å². The molecule has 0 atom stereocenters. The van der Waals surface area contributed by atoms with Gasteiger partial charge in [-0.3, -0.25) is 4.79 Å². The molecule has 0 aliphatic carbocycles. The van der Waals surface area contributed by atoms with Gasteiger partial charge < -0.3 is 13.8 Å². The molecule has 0 N–H and O–H groups in total. The Hall–Kier alpha value is -2.41. The number of aryl methyl sites for hydroxylation is 2. The zero-order valence-corrected chi connectivity index (χ0v) is 15.8. The van der Waals surface area contributed by atoms with Crippen LogP contribution in [0.15, 0.2) is 27.2 Å². The fourth-order valence-electron chi connectivity index (χ4n) is 2.90. The minimum absolute atomic E-state index is 0.337. The second-order valence-electron chi connectivity index (χ2n) is 5.64. The quantitative estimate of drug-likeness (QED) is 0.584. The molecule has 0 aliphatic heterocycles. The zero-order chi connectivity index (χ0) is 18.3. The second kappa shape index (κ2) is 6.48. The lowest BCUT2D eigenvalue weighted by molar-refractivity contribution is 0.111. The largest absolute Gasteiger partial charge is 0.497 e. The molecule has 2 heterocycles. The van der Waals surface area contributed by atoms with Crippen molar-refractivity contribution in [2.75, 3.05) is 7.11 Å². The number of rotatable bonds is 4. The summed E-state index contributed by atoms with van der Waals surface area (Å²) in [6.07, 6.45) is 0.747. The van der Waals surface area contributed by atoms with E-state index in [1.165, 1.54) is 13.2 Å². The third-order valence-corrected chi connectivity index (χ3v) is 5.12. The van der Waals surface area contributed by atoms with E-state index in [-0.39, 0.29) is 0 Å². The summed E-state index contributed by atoms with van der Waals surface area (Å²) in [6.45, 7) is 5.33. The number of hydrogen-bond acceptors (Lipinski definition) is 4. The molecule has 3 rings (SSSR count). The van der Waals surface area contributed by atoms with E-state index >= 15 is 0 Å². The summed E-state index contributed by atoms with van der Waals surface area (Å²) in [7, 11) is 1.48. The minimum Gasteiger partial charge on any atom is -0.497 e. The molecule has 130 valence electrons. The zero-order valence-electron chi connectivity index (χ0n) is 14.2. The lowest BCUT2D eigenvalue weighted by Crippen LogP contribution is -2.05. The Morgan fingerprint density at radius 2 is 2.04 bits per heavy atom. The molecule has 25 heavy (non-hydrogen) atoms. The summed E-state index contributed by atoms with van der Waals surface area (Å²) < 4.78 is 27.4. The number of methoxy groups -OCH3 is 1. The topological polar surface area (TPSA) is 57.3 Å². The molecule has 0 saturated carbocycles. The summed E-state index contributed by atoms with van der Waals surface area (Å²) >= 11 is 3.51. The molecular formula is C18H16BrFN2O3. The van der Waals surface area contributed by atoms with Gasteiger partial charge in [0.2, 0.25) is 0 Å². The van der Waals surface area contributed by atoms with Crippen molar-refractivity contribution < 1.29 is 18.4 Å². The first-order valence-electron chi connectivity index (χ1n) is 7.53. The summed E-state index contributed by atoms with van der Waals surface area (Å²) in [5.41, 5.74) is 3.21.